The van der Waals surface area contributed by atoms with Crippen molar-refractivity contribution in [2.24, 2.45) is 0 Å². The van der Waals surface area contributed by atoms with Gasteiger partial charge in [0.25, 0.3) is 0 Å². The molecule has 2 aliphatic heterocycles. The van der Waals surface area contributed by atoms with Gasteiger partial charge < -0.3 is 19.2 Å². The quantitative estimate of drug-likeness (QED) is 0.186. The smallest absolute Gasteiger partial charge is 0.135 e. The summed E-state index contributed by atoms with van der Waals surface area (Å²) in [5.41, 5.74) is 10.9. The molecule has 0 amide bonds. The van der Waals surface area contributed by atoms with Crippen LogP contribution in [0.5, 0.6) is 0 Å². The van der Waals surface area contributed by atoms with Gasteiger partial charge in [-0.05, 0) is 59.7 Å². The summed E-state index contributed by atoms with van der Waals surface area (Å²) in [7, 11) is 0. The largest absolute Gasteiger partial charge is 0.456 e. The van der Waals surface area contributed by atoms with Crippen molar-refractivity contribution >= 4 is 56.3 Å². The molecule has 8 aromatic rings. The molecule has 7 nitrogen and oxygen atoms in total. The van der Waals surface area contributed by atoms with Crippen molar-refractivity contribution in [3.63, 3.8) is 0 Å². The molecule has 6 aromatic carbocycles. The summed E-state index contributed by atoms with van der Waals surface area (Å²) >= 11 is 0. The number of nitrogens with zero attached hydrogens (tertiary/aromatic N) is 5. The van der Waals surface area contributed by atoms with E-state index in [0.29, 0.717) is 27.9 Å². The number of para-hydroxylation sites is 4. The third-order valence-electron chi connectivity index (χ3n) is 11.4. The van der Waals surface area contributed by atoms with E-state index in [4.69, 9.17) is 4.42 Å². The minimum absolute atomic E-state index is 0.0479. The first kappa shape index (κ1) is 30.3. The summed E-state index contributed by atoms with van der Waals surface area (Å²) in [6, 6.07) is 47.9. The summed E-state index contributed by atoms with van der Waals surface area (Å²) in [4.78, 5) is 2.32. The van der Waals surface area contributed by atoms with Gasteiger partial charge >= 0.3 is 0 Å². The summed E-state index contributed by atoms with van der Waals surface area (Å²) in [5.74, 6) is -0.0479. The molecule has 1 fully saturated rings. The van der Waals surface area contributed by atoms with Crippen molar-refractivity contribution < 1.29 is 4.42 Å². The van der Waals surface area contributed by atoms with Gasteiger partial charge in [-0.2, -0.15) is 15.8 Å². The van der Waals surface area contributed by atoms with Crippen LogP contribution in [0.1, 0.15) is 39.8 Å². The molecule has 0 spiro atoms. The predicted molar refractivity (Wildman–Crippen MR) is 211 cm³/mol. The first-order chi connectivity index (χ1) is 26.7. The first-order valence-electron chi connectivity index (χ1n) is 18.0. The third kappa shape index (κ3) is 4.18. The maximum atomic E-state index is 11.2. The number of hydrogen-bond acceptors (Lipinski definition) is 6. The summed E-state index contributed by atoms with van der Waals surface area (Å²) in [6.45, 7) is 0.787. The number of nitriles is 3. The van der Waals surface area contributed by atoms with Crippen LogP contribution in [-0.4, -0.2) is 17.2 Å². The van der Waals surface area contributed by atoms with Gasteiger partial charge in [-0.25, -0.2) is 0 Å². The van der Waals surface area contributed by atoms with Crippen molar-refractivity contribution in [2.45, 2.75) is 18.0 Å². The molecular weight excluding hydrogens is 665 g/mol. The van der Waals surface area contributed by atoms with Gasteiger partial charge in [0.15, 0.2) is 0 Å². The highest BCUT2D eigenvalue weighted by Gasteiger charge is 2.42. The fourth-order valence-corrected chi connectivity index (χ4v) is 9.00. The normalized spacial score (nSPS) is 17.9. The molecule has 252 valence electrons. The second-order valence-electron chi connectivity index (χ2n) is 14.2. The van der Waals surface area contributed by atoms with Gasteiger partial charge in [-0.3, -0.25) is 0 Å². The van der Waals surface area contributed by atoms with Crippen molar-refractivity contribution in [3.05, 3.63) is 160 Å². The van der Waals surface area contributed by atoms with E-state index in [2.05, 4.69) is 99.7 Å². The van der Waals surface area contributed by atoms with Gasteiger partial charge in [-0.1, -0.05) is 84.9 Å². The SMILES string of the molecule is N#Cc1cc(C#N)c(-n2c3ccccc3c3ccccc32)c(-c2ccc(C3CN3)c(C#N)c2N2c3ccccc3C3C=c4oc5ccccc5c4=CC32)c1. The molecule has 4 heterocycles. The molecule has 11 rings (SSSR count). The average Bonchev–Trinajstić information content (AvgIpc) is 3.84. The van der Waals surface area contributed by atoms with Crippen LogP contribution in [-0.2, 0) is 0 Å². The van der Waals surface area contributed by atoms with Crippen molar-refractivity contribution in [1.29, 1.82) is 15.8 Å². The first-order valence-corrected chi connectivity index (χ1v) is 18.0. The Morgan fingerprint density at radius 1 is 0.648 bits per heavy atom. The number of benzene rings is 6. The fourth-order valence-electron chi connectivity index (χ4n) is 9.00. The molecule has 0 bridgehead atoms. The van der Waals surface area contributed by atoms with E-state index >= 15 is 0 Å². The van der Waals surface area contributed by atoms with Crippen molar-refractivity contribution in [2.75, 3.05) is 11.4 Å². The van der Waals surface area contributed by atoms with E-state index in [1.807, 2.05) is 60.7 Å². The third-order valence-corrected chi connectivity index (χ3v) is 11.4. The molecule has 2 aromatic heterocycles. The number of hydrogen-bond donors (Lipinski definition) is 1. The Morgan fingerprint density at radius 2 is 1.35 bits per heavy atom. The van der Waals surface area contributed by atoms with Crippen LogP contribution < -0.4 is 20.9 Å². The zero-order valence-corrected chi connectivity index (χ0v) is 28.8. The maximum Gasteiger partial charge on any atom is 0.135 e. The highest BCUT2D eigenvalue weighted by Crippen LogP contribution is 2.53. The van der Waals surface area contributed by atoms with E-state index in [1.54, 1.807) is 6.07 Å². The van der Waals surface area contributed by atoms with Gasteiger partial charge in [0.05, 0.1) is 51.2 Å². The molecule has 7 heteroatoms. The molecule has 3 atom stereocenters. The van der Waals surface area contributed by atoms with Crippen LogP contribution in [0.25, 0.3) is 61.7 Å². The van der Waals surface area contributed by atoms with Crippen LogP contribution in [0.3, 0.4) is 0 Å². The van der Waals surface area contributed by atoms with Crippen molar-refractivity contribution in [3.8, 4) is 35.0 Å². The molecule has 1 N–H and O–H groups in total. The number of fused-ring (bicyclic) bond motifs is 9. The lowest BCUT2D eigenvalue weighted by atomic mass is 9.88. The topological polar surface area (TPSA) is 115 Å². The number of aromatic nitrogens is 1. The number of anilines is 2. The monoisotopic (exact) mass is 692 g/mol. The lowest BCUT2D eigenvalue weighted by Crippen LogP contribution is -2.37. The Kier molecular flexibility index (Phi) is 6.34. The highest BCUT2D eigenvalue weighted by molar-refractivity contribution is 6.10. The maximum absolute atomic E-state index is 11.2. The van der Waals surface area contributed by atoms with E-state index in [0.717, 1.165) is 78.0 Å². The molecule has 0 radical (unpaired) electrons. The minimum atomic E-state index is -0.185. The highest BCUT2D eigenvalue weighted by atomic mass is 16.3. The Hall–Kier alpha value is -7.37. The number of rotatable bonds is 4. The second-order valence-corrected chi connectivity index (χ2v) is 14.2. The van der Waals surface area contributed by atoms with Gasteiger partial charge in [0.2, 0.25) is 0 Å². The van der Waals surface area contributed by atoms with Gasteiger partial charge in [0.1, 0.15) is 23.1 Å². The minimum Gasteiger partial charge on any atom is -0.456 e. The summed E-state index contributed by atoms with van der Waals surface area (Å²) in [5, 5.41) is 40.1. The molecule has 1 saturated heterocycles. The summed E-state index contributed by atoms with van der Waals surface area (Å²) < 4.78 is 8.55. The molecule has 3 aliphatic rings. The molecule has 54 heavy (non-hydrogen) atoms. The van der Waals surface area contributed by atoms with Crippen LogP contribution in [0.4, 0.5) is 11.4 Å². The van der Waals surface area contributed by atoms with Crippen LogP contribution in [0.15, 0.2) is 126 Å². The molecular formula is C47H28N6O. The molecule has 0 saturated carbocycles. The Labute approximate surface area is 309 Å². The van der Waals surface area contributed by atoms with E-state index < -0.39 is 0 Å². The van der Waals surface area contributed by atoms with Gasteiger partial charge in [-0.15, -0.1) is 0 Å². The second kappa shape index (κ2) is 11.3. The van der Waals surface area contributed by atoms with Crippen LogP contribution in [0, 0.1) is 34.0 Å². The Bertz CT molecular complexity index is 3140. The fraction of sp³-hybridized carbons (Fsp3) is 0.0851. The van der Waals surface area contributed by atoms with Crippen molar-refractivity contribution in [1.82, 2.24) is 9.88 Å². The van der Waals surface area contributed by atoms with Crippen LogP contribution >= 0.6 is 0 Å². The van der Waals surface area contributed by atoms with E-state index in [-0.39, 0.29) is 18.0 Å². The lowest BCUT2D eigenvalue weighted by molar-refractivity contribution is 0.567. The van der Waals surface area contributed by atoms with E-state index in [9.17, 15) is 15.8 Å². The van der Waals surface area contributed by atoms with Gasteiger partial charge in [0, 0.05) is 56.7 Å². The lowest BCUT2D eigenvalue weighted by Gasteiger charge is -2.32. The Morgan fingerprint density at radius 3 is 2.07 bits per heavy atom. The zero-order valence-electron chi connectivity index (χ0n) is 28.8. The number of nitrogens with one attached hydrogen (secondary N) is 1. The standard InChI is InChI=1S/C47H28N6O/c48-23-27-19-28(24-49)46(52-40-13-5-1-9-30(40)31-10-2-6-14-41(31)52)37(20-27)34-18-17-29(39-26-51-39)38(25-50)47(34)53-42-15-7-3-11-32(42)35-22-45-36(21-43(35)53)33-12-4-8-16-44(33)54-45/h1-22,35,39,43,51H,26H2. The molecule has 1 aliphatic carbocycles. The number of furan rings is 1. The van der Waals surface area contributed by atoms with E-state index in [1.165, 1.54) is 0 Å². The summed E-state index contributed by atoms with van der Waals surface area (Å²) in [6.07, 6.45) is 4.52. The Balaban J connectivity index is 1.27. The van der Waals surface area contributed by atoms with Crippen LogP contribution in [0.2, 0.25) is 0 Å². The average molecular weight is 693 g/mol. The zero-order chi connectivity index (χ0) is 36.1. The predicted octanol–water partition coefficient (Wildman–Crippen LogP) is 8.33. The molecule has 3 unspecified atom stereocenters.